The molecule has 1 nitrogen and oxygen atoms in total. The molecule has 0 radical (unpaired) electrons. The second-order valence-corrected chi connectivity index (χ2v) is 7.53. The Labute approximate surface area is 163 Å². The van der Waals surface area contributed by atoms with Gasteiger partial charge in [-0.15, -0.1) is 0 Å². The molecule has 0 N–H and O–H groups in total. The predicted molar refractivity (Wildman–Crippen MR) is 121 cm³/mol. The molecule has 0 saturated carbocycles. The van der Waals surface area contributed by atoms with Crippen molar-refractivity contribution in [2.75, 3.05) is 0 Å². The zero-order valence-corrected chi connectivity index (χ0v) is 15.7. The van der Waals surface area contributed by atoms with E-state index in [0.29, 0.717) is 0 Å². The molecule has 1 heteroatoms. The Morgan fingerprint density at radius 1 is 0.536 bits per heavy atom. The van der Waals surface area contributed by atoms with E-state index in [4.69, 9.17) is 0 Å². The van der Waals surface area contributed by atoms with Gasteiger partial charge in [0.25, 0.3) is 0 Å². The third kappa shape index (κ3) is 2.07. The van der Waals surface area contributed by atoms with Crippen molar-refractivity contribution in [1.29, 1.82) is 0 Å². The normalized spacial score (nSPS) is 11.8. The summed E-state index contributed by atoms with van der Waals surface area (Å²) in [6.07, 6.45) is 0. The molecule has 0 unspecified atom stereocenters. The number of hydrogen-bond donors (Lipinski definition) is 0. The molecule has 0 aliphatic rings. The lowest BCUT2D eigenvalue weighted by Gasteiger charge is -2.10. The van der Waals surface area contributed by atoms with Gasteiger partial charge < -0.3 is 4.57 Å². The van der Waals surface area contributed by atoms with E-state index in [1.807, 2.05) is 0 Å². The number of aryl methyl sites for hydroxylation is 1. The van der Waals surface area contributed by atoms with Crippen LogP contribution in [-0.4, -0.2) is 4.57 Å². The smallest absolute Gasteiger partial charge is 0.0619 e. The quantitative estimate of drug-likeness (QED) is 0.289. The fourth-order valence-corrected chi connectivity index (χ4v) is 4.51. The van der Waals surface area contributed by atoms with E-state index in [1.54, 1.807) is 0 Å². The number of aromatic nitrogens is 1. The van der Waals surface area contributed by atoms with Crippen molar-refractivity contribution in [2.24, 2.45) is 0 Å². The Balaban J connectivity index is 1.92. The summed E-state index contributed by atoms with van der Waals surface area (Å²) in [7, 11) is 0. The third-order valence-corrected chi connectivity index (χ3v) is 5.83. The first kappa shape index (κ1) is 15.5. The Morgan fingerprint density at radius 2 is 1.18 bits per heavy atom. The van der Waals surface area contributed by atoms with E-state index in [-0.39, 0.29) is 0 Å². The van der Waals surface area contributed by atoms with Crippen molar-refractivity contribution in [1.82, 2.24) is 4.57 Å². The van der Waals surface area contributed by atoms with E-state index in [1.165, 1.54) is 54.6 Å². The third-order valence-electron chi connectivity index (χ3n) is 5.83. The summed E-state index contributed by atoms with van der Waals surface area (Å²) < 4.78 is 2.43. The van der Waals surface area contributed by atoms with Gasteiger partial charge in [-0.2, -0.15) is 0 Å². The average molecular weight is 357 g/mol. The number of hydrogen-bond acceptors (Lipinski definition) is 0. The lowest BCUT2D eigenvalue weighted by molar-refractivity contribution is 1.18. The highest BCUT2D eigenvalue weighted by molar-refractivity contribution is 6.25. The highest BCUT2D eigenvalue weighted by Crippen LogP contribution is 2.39. The van der Waals surface area contributed by atoms with Crippen LogP contribution in [0.15, 0.2) is 97.1 Å². The maximum atomic E-state index is 2.43. The molecule has 0 aliphatic carbocycles. The SMILES string of the molecule is Cc1ccc(-n2c3ccc4ccccc4c3c3ccc4ccccc4c32)cc1. The summed E-state index contributed by atoms with van der Waals surface area (Å²) in [5.41, 5.74) is 5.03. The minimum Gasteiger partial charge on any atom is -0.309 e. The molecule has 0 atom stereocenters. The molecule has 6 rings (SSSR count). The summed E-state index contributed by atoms with van der Waals surface area (Å²) in [5, 5.41) is 7.80. The van der Waals surface area contributed by atoms with E-state index in [0.717, 1.165) is 0 Å². The van der Waals surface area contributed by atoms with Crippen LogP contribution in [0.4, 0.5) is 0 Å². The highest BCUT2D eigenvalue weighted by atomic mass is 15.0. The van der Waals surface area contributed by atoms with Gasteiger partial charge in [-0.3, -0.25) is 0 Å². The minimum atomic E-state index is 1.21. The second-order valence-electron chi connectivity index (χ2n) is 7.53. The van der Waals surface area contributed by atoms with E-state index >= 15 is 0 Å². The maximum absolute atomic E-state index is 2.43. The van der Waals surface area contributed by atoms with Gasteiger partial charge in [0.2, 0.25) is 0 Å². The molecule has 1 heterocycles. The molecule has 28 heavy (non-hydrogen) atoms. The molecular formula is C27H19N. The van der Waals surface area contributed by atoms with Crippen molar-refractivity contribution >= 4 is 43.4 Å². The number of fused-ring (bicyclic) bond motifs is 7. The largest absolute Gasteiger partial charge is 0.309 e. The van der Waals surface area contributed by atoms with Gasteiger partial charge in [0.05, 0.1) is 11.0 Å². The Morgan fingerprint density at radius 3 is 1.96 bits per heavy atom. The van der Waals surface area contributed by atoms with Crippen LogP contribution >= 0.6 is 0 Å². The molecule has 5 aromatic carbocycles. The Bertz CT molecular complexity index is 1500. The molecular weight excluding hydrogens is 338 g/mol. The first-order valence-electron chi connectivity index (χ1n) is 9.72. The standard InChI is InChI=1S/C27H19N/c1-18-10-14-21(15-11-18)28-25-17-13-19-6-2-4-8-22(19)26(25)24-16-12-20-7-3-5-9-23(20)27(24)28/h2-17H,1H3. The summed E-state index contributed by atoms with van der Waals surface area (Å²) in [4.78, 5) is 0. The van der Waals surface area contributed by atoms with E-state index < -0.39 is 0 Å². The number of benzene rings is 5. The molecule has 0 saturated heterocycles. The van der Waals surface area contributed by atoms with Crippen molar-refractivity contribution in [3.8, 4) is 5.69 Å². The number of nitrogens with zero attached hydrogens (tertiary/aromatic N) is 1. The molecule has 0 fully saturated rings. The molecule has 0 spiro atoms. The molecule has 132 valence electrons. The van der Waals surface area contributed by atoms with Crippen molar-refractivity contribution in [2.45, 2.75) is 6.92 Å². The van der Waals surface area contributed by atoms with Gasteiger partial charge >= 0.3 is 0 Å². The van der Waals surface area contributed by atoms with Gasteiger partial charge in [-0.1, -0.05) is 84.4 Å². The molecule has 0 aliphatic heterocycles. The fraction of sp³-hybridized carbons (Fsp3) is 0.0370. The van der Waals surface area contributed by atoms with Crippen LogP contribution in [0, 0.1) is 6.92 Å². The zero-order valence-electron chi connectivity index (χ0n) is 15.7. The van der Waals surface area contributed by atoms with Crippen LogP contribution in [0.5, 0.6) is 0 Å². The van der Waals surface area contributed by atoms with Crippen LogP contribution in [0.1, 0.15) is 5.56 Å². The second kappa shape index (κ2) is 5.71. The summed E-state index contributed by atoms with van der Waals surface area (Å²) in [6, 6.07) is 35.3. The van der Waals surface area contributed by atoms with Crippen LogP contribution < -0.4 is 0 Å². The molecule has 0 bridgehead atoms. The number of rotatable bonds is 1. The van der Waals surface area contributed by atoms with Crippen LogP contribution in [0.3, 0.4) is 0 Å². The van der Waals surface area contributed by atoms with Crippen molar-refractivity contribution in [3.05, 3.63) is 103 Å². The summed E-state index contributed by atoms with van der Waals surface area (Å²) in [5.74, 6) is 0. The Hall–Kier alpha value is -3.58. The zero-order chi connectivity index (χ0) is 18.7. The van der Waals surface area contributed by atoms with Crippen molar-refractivity contribution in [3.63, 3.8) is 0 Å². The van der Waals surface area contributed by atoms with Crippen LogP contribution in [0.2, 0.25) is 0 Å². The van der Waals surface area contributed by atoms with Crippen LogP contribution in [-0.2, 0) is 0 Å². The first-order chi connectivity index (χ1) is 13.8. The highest BCUT2D eigenvalue weighted by Gasteiger charge is 2.16. The van der Waals surface area contributed by atoms with Gasteiger partial charge in [-0.05, 0) is 41.3 Å². The lowest BCUT2D eigenvalue weighted by atomic mass is 10.0. The predicted octanol–water partition coefficient (Wildman–Crippen LogP) is 7.40. The Kier molecular flexibility index (Phi) is 3.15. The monoisotopic (exact) mass is 357 g/mol. The molecule has 6 aromatic rings. The van der Waals surface area contributed by atoms with Crippen LogP contribution in [0.25, 0.3) is 49.0 Å². The lowest BCUT2D eigenvalue weighted by Crippen LogP contribution is -1.94. The topological polar surface area (TPSA) is 4.93 Å². The van der Waals surface area contributed by atoms with Crippen molar-refractivity contribution < 1.29 is 0 Å². The van der Waals surface area contributed by atoms with E-state index in [9.17, 15) is 0 Å². The van der Waals surface area contributed by atoms with E-state index in [2.05, 4.69) is 109 Å². The van der Waals surface area contributed by atoms with Gasteiger partial charge in [0.15, 0.2) is 0 Å². The first-order valence-corrected chi connectivity index (χ1v) is 9.72. The van der Waals surface area contributed by atoms with Gasteiger partial charge in [-0.25, -0.2) is 0 Å². The summed E-state index contributed by atoms with van der Waals surface area (Å²) in [6.45, 7) is 2.14. The average Bonchev–Trinajstić information content (AvgIpc) is 3.10. The summed E-state index contributed by atoms with van der Waals surface area (Å²) >= 11 is 0. The fourth-order valence-electron chi connectivity index (χ4n) is 4.51. The molecule has 1 aromatic heterocycles. The minimum absolute atomic E-state index is 1.21. The molecule has 0 amide bonds. The maximum Gasteiger partial charge on any atom is 0.0619 e. The van der Waals surface area contributed by atoms with Gasteiger partial charge in [0.1, 0.15) is 0 Å². The van der Waals surface area contributed by atoms with Gasteiger partial charge in [0, 0.05) is 21.8 Å².